The molecule has 1 aliphatic heterocycles. The van der Waals surface area contributed by atoms with Crippen LogP contribution in [0.15, 0.2) is 45.6 Å². The average molecular weight is 430 g/mol. The number of rotatable bonds is 5. The SMILES string of the molecule is COc1cc(OC)c2c(=O)cc(-c3ccccc3Cl)oc2c1C1CCN(C)C1CO. The molecule has 158 valence electrons. The molecule has 1 aliphatic rings. The van der Waals surface area contributed by atoms with Crippen LogP contribution in [0.1, 0.15) is 17.9 Å². The molecule has 6 nitrogen and oxygen atoms in total. The fraction of sp³-hybridized carbons (Fsp3) is 0.348. The third-order valence-electron chi connectivity index (χ3n) is 5.93. The molecule has 2 atom stereocenters. The lowest BCUT2D eigenvalue weighted by molar-refractivity contribution is 0.171. The van der Waals surface area contributed by atoms with Gasteiger partial charge in [0.2, 0.25) is 0 Å². The Balaban J connectivity index is 2.07. The van der Waals surface area contributed by atoms with Crippen LogP contribution in [0.2, 0.25) is 5.02 Å². The molecule has 1 aromatic heterocycles. The molecular formula is C23H24ClNO5. The number of aliphatic hydroxyl groups excluding tert-OH is 1. The lowest BCUT2D eigenvalue weighted by Crippen LogP contribution is -2.32. The molecule has 0 spiro atoms. The quantitative estimate of drug-likeness (QED) is 0.663. The summed E-state index contributed by atoms with van der Waals surface area (Å²) in [5.41, 5.74) is 1.59. The smallest absolute Gasteiger partial charge is 0.197 e. The molecule has 2 aromatic carbocycles. The summed E-state index contributed by atoms with van der Waals surface area (Å²) >= 11 is 6.36. The first kappa shape index (κ1) is 20.7. The number of hydrogen-bond acceptors (Lipinski definition) is 6. The van der Waals surface area contributed by atoms with Gasteiger partial charge in [-0.15, -0.1) is 0 Å². The molecule has 2 unspecified atom stereocenters. The summed E-state index contributed by atoms with van der Waals surface area (Å²) in [5, 5.41) is 10.9. The summed E-state index contributed by atoms with van der Waals surface area (Å²) in [6.07, 6.45) is 0.805. The maximum Gasteiger partial charge on any atom is 0.197 e. The van der Waals surface area contributed by atoms with Gasteiger partial charge in [-0.1, -0.05) is 23.7 Å². The fourth-order valence-corrected chi connectivity index (χ4v) is 4.61. The third kappa shape index (κ3) is 3.35. The van der Waals surface area contributed by atoms with Crippen molar-refractivity contribution in [1.82, 2.24) is 4.90 Å². The Morgan fingerprint density at radius 2 is 1.93 bits per heavy atom. The van der Waals surface area contributed by atoms with E-state index in [1.165, 1.54) is 13.2 Å². The zero-order valence-corrected chi connectivity index (χ0v) is 17.9. The van der Waals surface area contributed by atoms with Gasteiger partial charge in [-0.3, -0.25) is 4.79 Å². The van der Waals surface area contributed by atoms with Crippen LogP contribution in [-0.2, 0) is 0 Å². The normalized spacial score (nSPS) is 19.4. The van der Waals surface area contributed by atoms with Crippen LogP contribution in [0, 0.1) is 0 Å². The molecule has 30 heavy (non-hydrogen) atoms. The Kier molecular flexibility index (Phi) is 5.73. The van der Waals surface area contributed by atoms with E-state index in [0.29, 0.717) is 38.8 Å². The highest BCUT2D eigenvalue weighted by molar-refractivity contribution is 6.33. The van der Waals surface area contributed by atoms with Crippen LogP contribution >= 0.6 is 11.6 Å². The molecule has 2 heterocycles. The third-order valence-corrected chi connectivity index (χ3v) is 6.26. The maximum atomic E-state index is 13.2. The number of aliphatic hydroxyl groups is 1. The highest BCUT2D eigenvalue weighted by Crippen LogP contribution is 2.45. The van der Waals surface area contributed by atoms with E-state index >= 15 is 0 Å². The summed E-state index contributed by atoms with van der Waals surface area (Å²) in [5.74, 6) is 1.27. The number of nitrogens with zero attached hydrogens (tertiary/aromatic N) is 1. The molecule has 0 radical (unpaired) electrons. The van der Waals surface area contributed by atoms with Gasteiger partial charge in [-0.05, 0) is 32.1 Å². The minimum atomic E-state index is -0.223. The molecule has 0 bridgehead atoms. The van der Waals surface area contributed by atoms with Gasteiger partial charge in [0, 0.05) is 35.2 Å². The van der Waals surface area contributed by atoms with Crippen LogP contribution in [0.4, 0.5) is 0 Å². The molecular weight excluding hydrogens is 406 g/mol. The monoisotopic (exact) mass is 429 g/mol. The highest BCUT2D eigenvalue weighted by Gasteiger charge is 2.37. The zero-order valence-electron chi connectivity index (χ0n) is 17.1. The fourth-order valence-electron chi connectivity index (χ4n) is 4.38. The predicted molar refractivity (Wildman–Crippen MR) is 117 cm³/mol. The molecule has 0 saturated carbocycles. The van der Waals surface area contributed by atoms with E-state index in [4.69, 9.17) is 25.5 Å². The van der Waals surface area contributed by atoms with Crippen LogP contribution in [0.3, 0.4) is 0 Å². The second kappa shape index (κ2) is 8.30. The molecule has 4 rings (SSSR count). The summed E-state index contributed by atoms with van der Waals surface area (Å²) in [7, 11) is 5.06. The van der Waals surface area contributed by atoms with Gasteiger partial charge >= 0.3 is 0 Å². The minimum Gasteiger partial charge on any atom is -0.496 e. The van der Waals surface area contributed by atoms with Crippen LogP contribution in [-0.4, -0.2) is 50.5 Å². The van der Waals surface area contributed by atoms with Gasteiger partial charge in [0.25, 0.3) is 0 Å². The standard InChI is InChI=1S/C23H24ClNO5/c1-25-9-8-14(16(25)12-26)21-19(28-2)11-20(29-3)22-17(27)10-18(30-23(21)22)13-6-4-5-7-15(13)24/h4-7,10-11,14,16,26H,8-9,12H2,1-3H3. The van der Waals surface area contributed by atoms with Gasteiger partial charge in [0.1, 0.15) is 28.2 Å². The summed E-state index contributed by atoms with van der Waals surface area (Å²) in [6.45, 7) is 0.813. The number of likely N-dealkylation sites (tertiary alicyclic amines) is 1. The number of hydrogen-bond donors (Lipinski definition) is 1. The van der Waals surface area contributed by atoms with E-state index < -0.39 is 0 Å². The van der Waals surface area contributed by atoms with Crippen molar-refractivity contribution in [3.8, 4) is 22.8 Å². The number of ether oxygens (including phenoxy) is 2. The number of methoxy groups -OCH3 is 2. The van der Waals surface area contributed by atoms with Crippen molar-refractivity contribution in [1.29, 1.82) is 0 Å². The van der Waals surface area contributed by atoms with Crippen molar-refractivity contribution in [3.63, 3.8) is 0 Å². The molecule has 3 aromatic rings. The zero-order chi connectivity index (χ0) is 21.4. The molecule has 0 amide bonds. The Morgan fingerprint density at radius 3 is 2.60 bits per heavy atom. The van der Waals surface area contributed by atoms with Crippen molar-refractivity contribution in [2.24, 2.45) is 0 Å². The second-order valence-electron chi connectivity index (χ2n) is 7.48. The first-order valence-corrected chi connectivity index (χ1v) is 10.2. The van der Waals surface area contributed by atoms with Crippen molar-refractivity contribution >= 4 is 22.6 Å². The Labute approximate surface area is 179 Å². The summed E-state index contributed by atoms with van der Waals surface area (Å²) in [6, 6.07) is 10.3. The van der Waals surface area contributed by atoms with Crippen molar-refractivity contribution in [2.75, 3.05) is 34.4 Å². The number of fused-ring (bicyclic) bond motifs is 1. The summed E-state index contributed by atoms with van der Waals surface area (Å²) in [4.78, 5) is 15.3. The first-order valence-electron chi connectivity index (χ1n) is 9.78. The highest BCUT2D eigenvalue weighted by atomic mass is 35.5. The Bertz CT molecular complexity index is 1140. The van der Waals surface area contributed by atoms with E-state index in [1.54, 1.807) is 19.2 Å². The van der Waals surface area contributed by atoms with Gasteiger partial charge in [0.05, 0.1) is 25.8 Å². The largest absolute Gasteiger partial charge is 0.496 e. The van der Waals surface area contributed by atoms with E-state index in [-0.39, 0.29) is 24.0 Å². The van der Waals surface area contributed by atoms with E-state index in [2.05, 4.69) is 4.90 Å². The summed E-state index contributed by atoms with van der Waals surface area (Å²) < 4.78 is 17.5. The lowest BCUT2D eigenvalue weighted by Gasteiger charge is -2.25. The van der Waals surface area contributed by atoms with Gasteiger partial charge in [-0.2, -0.15) is 0 Å². The number of halogens is 1. The Morgan fingerprint density at radius 1 is 1.20 bits per heavy atom. The Hall–Kier alpha value is -2.54. The second-order valence-corrected chi connectivity index (χ2v) is 7.89. The van der Waals surface area contributed by atoms with Crippen molar-refractivity contribution in [3.05, 3.63) is 57.2 Å². The number of benzene rings is 2. The van der Waals surface area contributed by atoms with E-state index in [9.17, 15) is 9.90 Å². The van der Waals surface area contributed by atoms with Crippen molar-refractivity contribution in [2.45, 2.75) is 18.4 Å². The van der Waals surface area contributed by atoms with E-state index in [1.807, 2.05) is 25.2 Å². The van der Waals surface area contributed by atoms with Crippen LogP contribution < -0.4 is 14.9 Å². The maximum absolute atomic E-state index is 13.2. The molecule has 1 saturated heterocycles. The molecule has 0 aliphatic carbocycles. The molecule has 1 fully saturated rings. The molecule has 7 heteroatoms. The molecule has 1 N–H and O–H groups in total. The van der Waals surface area contributed by atoms with Gasteiger partial charge in [-0.25, -0.2) is 0 Å². The first-order chi connectivity index (χ1) is 14.5. The predicted octanol–water partition coefficient (Wildman–Crippen LogP) is 3.91. The number of likely N-dealkylation sites (N-methyl/N-ethyl adjacent to an activating group) is 1. The lowest BCUT2D eigenvalue weighted by atomic mass is 9.89. The minimum absolute atomic E-state index is 0.00766. The van der Waals surface area contributed by atoms with Crippen LogP contribution in [0.5, 0.6) is 11.5 Å². The van der Waals surface area contributed by atoms with Gasteiger partial charge in [0.15, 0.2) is 5.43 Å². The van der Waals surface area contributed by atoms with E-state index in [0.717, 1.165) is 18.5 Å². The topological polar surface area (TPSA) is 72.1 Å². The van der Waals surface area contributed by atoms with Gasteiger partial charge < -0.3 is 23.9 Å². The average Bonchev–Trinajstić information content (AvgIpc) is 3.12. The van der Waals surface area contributed by atoms with Crippen molar-refractivity contribution < 1.29 is 19.0 Å². The van der Waals surface area contributed by atoms with Crippen LogP contribution in [0.25, 0.3) is 22.3 Å².